The Hall–Kier alpha value is -2.65. The van der Waals surface area contributed by atoms with Gasteiger partial charge in [0.2, 0.25) is 15.9 Å². The van der Waals surface area contributed by atoms with E-state index >= 15 is 0 Å². The van der Waals surface area contributed by atoms with Crippen molar-refractivity contribution in [1.82, 2.24) is 4.31 Å². The average Bonchev–Trinajstić information content (AvgIpc) is 3.18. The number of hydrogen-bond donors (Lipinski definition) is 1. The van der Waals surface area contributed by atoms with E-state index in [9.17, 15) is 17.6 Å². The van der Waals surface area contributed by atoms with Gasteiger partial charge in [-0.2, -0.15) is 4.31 Å². The van der Waals surface area contributed by atoms with Crippen molar-refractivity contribution in [2.45, 2.75) is 23.8 Å². The molecule has 0 bridgehead atoms. The SMILES string of the molecule is COc1ccc(S(=O)(=O)N2CCCC2C(=O)Nc2cccc(F)c2)cc1OC. The molecule has 0 aliphatic carbocycles. The summed E-state index contributed by atoms with van der Waals surface area (Å²) in [6.45, 7) is 0.220. The topological polar surface area (TPSA) is 84.9 Å². The Morgan fingerprint density at radius 3 is 2.57 bits per heavy atom. The van der Waals surface area contributed by atoms with E-state index in [1.54, 1.807) is 6.07 Å². The van der Waals surface area contributed by atoms with E-state index < -0.39 is 27.8 Å². The third-order valence-electron chi connectivity index (χ3n) is 4.56. The average molecular weight is 408 g/mol. The lowest BCUT2D eigenvalue weighted by atomic mass is 10.2. The minimum Gasteiger partial charge on any atom is -0.493 e. The molecule has 1 saturated heterocycles. The summed E-state index contributed by atoms with van der Waals surface area (Å²) < 4.78 is 51.0. The first-order chi connectivity index (χ1) is 13.4. The fraction of sp³-hybridized carbons (Fsp3) is 0.316. The Morgan fingerprint density at radius 2 is 1.89 bits per heavy atom. The molecular formula is C19H21FN2O5S. The molecule has 2 aromatic rings. The molecule has 1 aliphatic heterocycles. The number of carbonyl (C=O) groups is 1. The Labute approximate surface area is 163 Å². The van der Waals surface area contributed by atoms with Crippen LogP contribution in [-0.4, -0.2) is 45.4 Å². The van der Waals surface area contributed by atoms with Gasteiger partial charge < -0.3 is 14.8 Å². The fourth-order valence-electron chi connectivity index (χ4n) is 3.19. The summed E-state index contributed by atoms with van der Waals surface area (Å²) in [5, 5.41) is 2.59. The predicted octanol–water partition coefficient (Wildman–Crippen LogP) is 2.63. The first kappa shape index (κ1) is 20.1. The Bertz CT molecular complexity index is 980. The summed E-state index contributed by atoms with van der Waals surface area (Å²) >= 11 is 0. The molecule has 0 radical (unpaired) electrons. The predicted molar refractivity (Wildman–Crippen MR) is 101 cm³/mol. The molecule has 1 fully saturated rings. The Balaban J connectivity index is 1.85. The summed E-state index contributed by atoms with van der Waals surface area (Å²) in [6, 6.07) is 8.87. The largest absolute Gasteiger partial charge is 0.493 e. The van der Waals surface area contributed by atoms with Crippen LogP contribution in [0.15, 0.2) is 47.4 Å². The maximum atomic E-state index is 13.3. The zero-order valence-electron chi connectivity index (χ0n) is 15.5. The molecule has 2 aromatic carbocycles. The molecule has 1 unspecified atom stereocenters. The highest BCUT2D eigenvalue weighted by atomic mass is 32.2. The third-order valence-corrected chi connectivity index (χ3v) is 6.46. The van der Waals surface area contributed by atoms with Gasteiger partial charge in [0.05, 0.1) is 19.1 Å². The molecule has 1 heterocycles. The summed E-state index contributed by atoms with van der Waals surface area (Å²) in [5.41, 5.74) is 0.278. The minimum atomic E-state index is -3.93. The van der Waals surface area contributed by atoms with Crippen LogP contribution < -0.4 is 14.8 Å². The molecule has 9 heteroatoms. The second-order valence-electron chi connectivity index (χ2n) is 6.29. The number of hydrogen-bond acceptors (Lipinski definition) is 5. The van der Waals surface area contributed by atoms with Gasteiger partial charge in [-0.1, -0.05) is 6.07 Å². The number of anilines is 1. The highest BCUT2D eigenvalue weighted by Gasteiger charge is 2.39. The summed E-state index contributed by atoms with van der Waals surface area (Å²) in [5.74, 6) is -0.294. The number of halogens is 1. The molecule has 0 saturated carbocycles. The third kappa shape index (κ3) is 3.95. The van der Waals surface area contributed by atoms with Crippen molar-refractivity contribution in [1.29, 1.82) is 0 Å². The molecular weight excluding hydrogens is 387 g/mol. The smallest absolute Gasteiger partial charge is 0.243 e. The van der Waals surface area contributed by atoms with Crippen LogP contribution in [0.5, 0.6) is 11.5 Å². The first-order valence-electron chi connectivity index (χ1n) is 8.67. The number of sulfonamides is 1. The van der Waals surface area contributed by atoms with E-state index in [0.29, 0.717) is 18.6 Å². The van der Waals surface area contributed by atoms with E-state index in [4.69, 9.17) is 9.47 Å². The second-order valence-corrected chi connectivity index (χ2v) is 8.18. The van der Waals surface area contributed by atoms with E-state index in [0.717, 1.165) is 0 Å². The molecule has 1 atom stereocenters. The number of nitrogens with one attached hydrogen (secondary N) is 1. The van der Waals surface area contributed by atoms with Crippen molar-refractivity contribution in [3.63, 3.8) is 0 Å². The summed E-state index contributed by atoms with van der Waals surface area (Å²) in [7, 11) is -1.05. The van der Waals surface area contributed by atoms with Crippen LogP contribution in [0.3, 0.4) is 0 Å². The Morgan fingerprint density at radius 1 is 1.14 bits per heavy atom. The quantitative estimate of drug-likeness (QED) is 0.794. The van der Waals surface area contributed by atoms with Crippen LogP contribution in [0.2, 0.25) is 0 Å². The van der Waals surface area contributed by atoms with Crippen molar-refractivity contribution < 1.29 is 27.1 Å². The van der Waals surface area contributed by atoms with Crippen LogP contribution in [0, 0.1) is 5.82 Å². The molecule has 150 valence electrons. The van der Waals surface area contributed by atoms with Crippen molar-refractivity contribution >= 4 is 21.6 Å². The monoisotopic (exact) mass is 408 g/mol. The number of amides is 1. The number of benzene rings is 2. The standard InChI is InChI=1S/C19H21FN2O5S/c1-26-17-9-8-15(12-18(17)27-2)28(24,25)22-10-4-7-16(22)19(23)21-14-6-3-5-13(20)11-14/h3,5-6,8-9,11-12,16H,4,7,10H2,1-2H3,(H,21,23). The minimum absolute atomic E-state index is 0.00982. The highest BCUT2D eigenvalue weighted by Crippen LogP contribution is 2.33. The second kappa shape index (κ2) is 8.15. The van der Waals surface area contributed by atoms with Gasteiger partial charge in [-0.05, 0) is 43.2 Å². The fourth-order valence-corrected chi connectivity index (χ4v) is 4.87. The highest BCUT2D eigenvalue weighted by molar-refractivity contribution is 7.89. The van der Waals surface area contributed by atoms with Crippen LogP contribution in [0.4, 0.5) is 10.1 Å². The molecule has 1 amide bonds. The lowest BCUT2D eigenvalue weighted by Gasteiger charge is -2.24. The van der Waals surface area contributed by atoms with Gasteiger partial charge in [0, 0.05) is 18.3 Å². The lowest BCUT2D eigenvalue weighted by molar-refractivity contribution is -0.119. The van der Waals surface area contributed by atoms with Gasteiger partial charge in [-0.25, -0.2) is 12.8 Å². The van der Waals surface area contributed by atoms with E-state index in [1.165, 1.54) is 54.9 Å². The molecule has 0 aromatic heterocycles. The van der Waals surface area contributed by atoms with Crippen LogP contribution in [-0.2, 0) is 14.8 Å². The number of rotatable bonds is 6. The number of ether oxygens (including phenoxy) is 2. The molecule has 3 rings (SSSR count). The number of carbonyl (C=O) groups excluding carboxylic acids is 1. The van der Waals surface area contributed by atoms with Gasteiger partial charge in [0.1, 0.15) is 11.9 Å². The lowest BCUT2D eigenvalue weighted by Crippen LogP contribution is -2.43. The first-order valence-corrected chi connectivity index (χ1v) is 10.1. The maximum absolute atomic E-state index is 13.3. The van der Waals surface area contributed by atoms with Gasteiger partial charge in [0.15, 0.2) is 11.5 Å². The number of nitrogens with zero attached hydrogens (tertiary/aromatic N) is 1. The normalized spacial score (nSPS) is 17.3. The van der Waals surface area contributed by atoms with Gasteiger partial charge >= 0.3 is 0 Å². The van der Waals surface area contributed by atoms with E-state index in [1.807, 2.05) is 0 Å². The van der Waals surface area contributed by atoms with Crippen molar-refractivity contribution in [2.24, 2.45) is 0 Å². The molecule has 1 aliphatic rings. The van der Waals surface area contributed by atoms with Gasteiger partial charge in [-0.15, -0.1) is 0 Å². The van der Waals surface area contributed by atoms with Crippen LogP contribution in [0.1, 0.15) is 12.8 Å². The summed E-state index contributed by atoms with van der Waals surface area (Å²) in [4.78, 5) is 12.7. The van der Waals surface area contributed by atoms with Crippen LogP contribution >= 0.6 is 0 Å². The van der Waals surface area contributed by atoms with E-state index in [2.05, 4.69) is 5.32 Å². The van der Waals surface area contributed by atoms with Crippen molar-refractivity contribution in [3.8, 4) is 11.5 Å². The molecule has 1 N–H and O–H groups in total. The van der Waals surface area contributed by atoms with E-state index in [-0.39, 0.29) is 22.9 Å². The maximum Gasteiger partial charge on any atom is 0.243 e. The van der Waals surface area contributed by atoms with Crippen LogP contribution in [0.25, 0.3) is 0 Å². The Kier molecular flexibility index (Phi) is 5.85. The van der Waals surface area contributed by atoms with Gasteiger partial charge in [0.25, 0.3) is 0 Å². The zero-order chi connectivity index (χ0) is 20.3. The summed E-state index contributed by atoms with van der Waals surface area (Å²) in [6.07, 6.45) is 0.932. The number of methoxy groups -OCH3 is 2. The van der Waals surface area contributed by atoms with Crippen molar-refractivity contribution in [2.75, 3.05) is 26.1 Å². The van der Waals surface area contributed by atoms with Gasteiger partial charge in [-0.3, -0.25) is 4.79 Å². The molecule has 28 heavy (non-hydrogen) atoms. The zero-order valence-corrected chi connectivity index (χ0v) is 16.3. The molecule has 7 nitrogen and oxygen atoms in total. The molecule has 0 spiro atoms. The van der Waals surface area contributed by atoms with Crippen molar-refractivity contribution in [3.05, 3.63) is 48.3 Å².